The van der Waals surface area contributed by atoms with E-state index in [-0.39, 0.29) is 0 Å². The third-order valence-electron chi connectivity index (χ3n) is 4.49. The van der Waals surface area contributed by atoms with Gasteiger partial charge in [-0.1, -0.05) is 17.3 Å². The lowest BCUT2D eigenvalue weighted by atomic mass is 10.1. The standard InChI is InChI=1S/C17H18F3N3O/c18-17(19,20)13-5-1-11(2-6-13)9-23(14-7-8-14)10-15-21-16(22-24-15)12-3-4-12/h1-2,5-6,12,14H,3-4,7-10H2. The molecule has 2 saturated carbocycles. The van der Waals surface area contributed by atoms with Crippen molar-refractivity contribution in [3.8, 4) is 0 Å². The molecule has 2 aliphatic rings. The van der Waals surface area contributed by atoms with Crippen LogP contribution < -0.4 is 0 Å². The van der Waals surface area contributed by atoms with E-state index in [0.29, 0.717) is 30.9 Å². The molecule has 24 heavy (non-hydrogen) atoms. The van der Waals surface area contributed by atoms with Crippen LogP contribution in [0, 0.1) is 0 Å². The van der Waals surface area contributed by atoms with Crippen molar-refractivity contribution in [1.82, 2.24) is 15.0 Å². The number of hydrogen-bond acceptors (Lipinski definition) is 4. The Morgan fingerprint density at radius 2 is 1.75 bits per heavy atom. The molecule has 0 unspecified atom stereocenters. The topological polar surface area (TPSA) is 42.2 Å². The highest BCUT2D eigenvalue weighted by molar-refractivity contribution is 5.24. The highest BCUT2D eigenvalue weighted by Crippen LogP contribution is 2.38. The van der Waals surface area contributed by atoms with Crippen LogP contribution in [0.15, 0.2) is 28.8 Å². The molecule has 1 aromatic carbocycles. The fraction of sp³-hybridized carbons (Fsp3) is 0.529. The Morgan fingerprint density at radius 3 is 2.33 bits per heavy atom. The minimum absolute atomic E-state index is 0.448. The summed E-state index contributed by atoms with van der Waals surface area (Å²) in [6.45, 7) is 1.13. The van der Waals surface area contributed by atoms with E-state index in [0.717, 1.165) is 49.2 Å². The minimum atomic E-state index is -4.29. The van der Waals surface area contributed by atoms with Gasteiger partial charge >= 0.3 is 6.18 Å². The van der Waals surface area contributed by atoms with Crippen molar-refractivity contribution < 1.29 is 17.7 Å². The lowest BCUT2D eigenvalue weighted by Gasteiger charge is -2.20. The second-order valence-corrected chi connectivity index (χ2v) is 6.65. The SMILES string of the molecule is FC(F)(F)c1ccc(CN(Cc2nc(C3CC3)no2)C2CC2)cc1. The maximum Gasteiger partial charge on any atom is 0.416 e. The summed E-state index contributed by atoms with van der Waals surface area (Å²) < 4.78 is 43.3. The van der Waals surface area contributed by atoms with E-state index in [2.05, 4.69) is 15.0 Å². The zero-order valence-corrected chi connectivity index (χ0v) is 13.1. The molecule has 0 bridgehead atoms. The molecule has 0 atom stereocenters. The molecule has 2 aliphatic carbocycles. The van der Waals surface area contributed by atoms with E-state index in [1.54, 1.807) is 12.1 Å². The highest BCUT2D eigenvalue weighted by Gasteiger charge is 2.33. The first-order valence-electron chi connectivity index (χ1n) is 8.22. The number of hydrogen-bond donors (Lipinski definition) is 0. The number of benzene rings is 1. The zero-order valence-electron chi connectivity index (χ0n) is 13.1. The summed E-state index contributed by atoms with van der Waals surface area (Å²) in [5.41, 5.74) is 0.243. The number of rotatable bonds is 6. The Hall–Kier alpha value is -1.89. The number of halogens is 3. The monoisotopic (exact) mass is 337 g/mol. The molecule has 2 aromatic rings. The molecule has 0 amide bonds. The summed E-state index contributed by atoms with van der Waals surface area (Å²) >= 11 is 0. The largest absolute Gasteiger partial charge is 0.416 e. The Morgan fingerprint density at radius 1 is 1.04 bits per heavy atom. The molecule has 4 rings (SSSR count). The molecule has 128 valence electrons. The first-order chi connectivity index (χ1) is 11.5. The van der Waals surface area contributed by atoms with Crippen molar-refractivity contribution in [1.29, 1.82) is 0 Å². The fourth-order valence-corrected chi connectivity index (χ4v) is 2.80. The summed E-state index contributed by atoms with van der Waals surface area (Å²) in [6.07, 6.45) is 0.153. The van der Waals surface area contributed by atoms with Crippen LogP contribution in [0.3, 0.4) is 0 Å². The first-order valence-corrected chi connectivity index (χ1v) is 8.22. The van der Waals surface area contributed by atoms with Crippen molar-refractivity contribution in [2.24, 2.45) is 0 Å². The van der Waals surface area contributed by atoms with Crippen LogP contribution in [0.1, 0.15) is 54.4 Å². The van der Waals surface area contributed by atoms with Crippen LogP contribution >= 0.6 is 0 Å². The van der Waals surface area contributed by atoms with Gasteiger partial charge in [0, 0.05) is 18.5 Å². The molecule has 2 fully saturated rings. The second-order valence-electron chi connectivity index (χ2n) is 6.65. The molecule has 1 aromatic heterocycles. The van der Waals surface area contributed by atoms with Crippen LogP contribution in [-0.2, 0) is 19.3 Å². The predicted octanol–water partition coefficient (Wildman–Crippen LogP) is 4.13. The summed E-state index contributed by atoms with van der Waals surface area (Å²) in [5.74, 6) is 1.83. The Labute approximate surface area is 137 Å². The molecule has 7 heteroatoms. The van der Waals surface area contributed by atoms with Crippen LogP contribution in [0.4, 0.5) is 13.2 Å². The summed E-state index contributed by atoms with van der Waals surface area (Å²) in [7, 11) is 0. The normalized spacial score (nSPS) is 18.3. The van der Waals surface area contributed by atoms with Gasteiger partial charge in [-0.15, -0.1) is 0 Å². The van der Waals surface area contributed by atoms with E-state index in [1.807, 2.05) is 0 Å². The average molecular weight is 337 g/mol. The third-order valence-corrected chi connectivity index (χ3v) is 4.49. The maximum atomic E-state index is 12.6. The highest BCUT2D eigenvalue weighted by atomic mass is 19.4. The van der Waals surface area contributed by atoms with Crippen molar-refractivity contribution in [3.63, 3.8) is 0 Å². The number of alkyl halides is 3. The fourth-order valence-electron chi connectivity index (χ4n) is 2.80. The third kappa shape index (κ3) is 3.61. The van der Waals surface area contributed by atoms with Gasteiger partial charge in [0.25, 0.3) is 0 Å². The van der Waals surface area contributed by atoms with Gasteiger partial charge in [-0.25, -0.2) is 0 Å². The summed E-state index contributed by atoms with van der Waals surface area (Å²) in [4.78, 5) is 6.64. The first kappa shape index (κ1) is 15.6. The molecule has 0 spiro atoms. The van der Waals surface area contributed by atoms with Gasteiger partial charge in [0.15, 0.2) is 5.82 Å². The van der Waals surface area contributed by atoms with E-state index in [9.17, 15) is 13.2 Å². The van der Waals surface area contributed by atoms with E-state index in [4.69, 9.17) is 4.52 Å². The molecule has 0 saturated heterocycles. The van der Waals surface area contributed by atoms with Crippen molar-refractivity contribution in [3.05, 3.63) is 47.1 Å². The van der Waals surface area contributed by atoms with Gasteiger partial charge < -0.3 is 4.52 Å². The molecule has 0 aliphatic heterocycles. The van der Waals surface area contributed by atoms with Gasteiger partial charge in [-0.05, 0) is 43.4 Å². The minimum Gasteiger partial charge on any atom is -0.338 e. The van der Waals surface area contributed by atoms with Crippen LogP contribution in [0.25, 0.3) is 0 Å². The molecule has 1 heterocycles. The number of nitrogens with zero attached hydrogens (tertiary/aromatic N) is 3. The second kappa shape index (κ2) is 5.88. The van der Waals surface area contributed by atoms with Gasteiger partial charge in [0.1, 0.15) is 0 Å². The Balaban J connectivity index is 1.43. The van der Waals surface area contributed by atoms with Crippen molar-refractivity contribution >= 4 is 0 Å². The average Bonchev–Trinajstić information content (AvgIpc) is 3.45. The van der Waals surface area contributed by atoms with Crippen LogP contribution in [0.5, 0.6) is 0 Å². The lowest BCUT2D eigenvalue weighted by Crippen LogP contribution is -2.25. The van der Waals surface area contributed by atoms with Crippen LogP contribution in [0.2, 0.25) is 0 Å². The smallest absolute Gasteiger partial charge is 0.338 e. The van der Waals surface area contributed by atoms with Crippen molar-refractivity contribution in [2.45, 2.75) is 56.9 Å². The van der Waals surface area contributed by atoms with E-state index >= 15 is 0 Å². The zero-order chi connectivity index (χ0) is 16.7. The molecule has 0 N–H and O–H groups in total. The molecule has 0 radical (unpaired) electrons. The van der Waals surface area contributed by atoms with E-state index in [1.165, 1.54) is 0 Å². The van der Waals surface area contributed by atoms with Crippen molar-refractivity contribution in [2.75, 3.05) is 0 Å². The summed E-state index contributed by atoms with van der Waals surface area (Å²) in [6, 6.07) is 5.81. The van der Waals surface area contributed by atoms with Gasteiger partial charge in [0.2, 0.25) is 5.89 Å². The van der Waals surface area contributed by atoms with E-state index < -0.39 is 11.7 Å². The quantitative estimate of drug-likeness (QED) is 0.795. The van der Waals surface area contributed by atoms with Crippen LogP contribution in [-0.4, -0.2) is 21.1 Å². The molecular weight excluding hydrogens is 319 g/mol. The predicted molar refractivity (Wildman–Crippen MR) is 80.0 cm³/mol. The van der Waals surface area contributed by atoms with Gasteiger partial charge in [-0.2, -0.15) is 18.2 Å². The summed E-state index contributed by atoms with van der Waals surface area (Å²) in [5, 5.41) is 4.02. The Bertz CT molecular complexity index is 703. The number of aromatic nitrogens is 2. The lowest BCUT2D eigenvalue weighted by molar-refractivity contribution is -0.137. The maximum absolute atomic E-state index is 12.6. The Kier molecular flexibility index (Phi) is 3.83. The molecular formula is C17H18F3N3O. The van der Waals surface area contributed by atoms with Gasteiger partial charge in [0.05, 0.1) is 12.1 Å². The van der Waals surface area contributed by atoms with Gasteiger partial charge in [-0.3, -0.25) is 4.90 Å². The molecule has 4 nitrogen and oxygen atoms in total.